The zero-order valence-electron chi connectivity index (χ0n) is 9.81. The summed E-state index contributed by atoms with van der Waals surface area (Å²) >= 11 is 0. The smallest absolute Gasteiger partial charge is 0.123 e. The SMILES string of the molecule is Cc1ccc(C(C)(O)c2cccc(F)c2)cn1. The van der Waals surface area contributed by atoms with Crippen molar-refractivity contribution in [1.82, 2.24) is 4.98 Å². The van der Waals surface area contributed by atoms with Gasteiger partial charge in [0.2, 0.25) is 0 Å². The number of hydrogen-bond acceptors (Lipinski definition) is 2. The van der Waals surface area contributed by atoms with Gasteiger partial charge >= 0.3 is 0 Å². The molecule has 1 N–H and O–H groups in total. The predicted molar refractivity (Wildman–Crippen MR) is 64.0 cm³/mol. The molecule has 0 saturated carbocycles. The van der Waals surface area contributed by atoms with Crippen LogP contribution in [0.3, 0.4) is 0 Å². The van der Waals surface area contributed by atoms with Gasteiger partial charge in [0.1, 0.15) is 11.4 Å². The van der Waals surface area contributed by atoms with Crippen LogP contribution in [0.2, 0.25) is 0 Å². The first kappa shape index (κ1) is 11.7. The van der Waals surface area contributed by atoms with E-state index in [0.29, 0.717) is 11.1 Å². The fraction of sp³-hybridized carbons (Fsp3) is 0.214. The molecule has 88 valence electrons. The van der Waals surface area contributed by atoms with Crippen LogP contribution in [0.25, 0.3) is 0 Å². The summed E-state index contributed by atoms with van der Waals surface area (Å²) in [6.45, 7) is 3.51. The number of hydrogen-bond donors (Lipinski definition) is 1. The van der Waals surface area contributed by atoms with Crippen LogP contribution in [0.15, 0.2) is 42.6 Å². The van der Waals surface area contributed by atoms with E-state index in [0.717, 1.165) is 5.69 Å². The molecule has 1 aromatic heterocycles. The van der Waals surface area contributed by atoms with Crippen molar-refractivity contribution in [3.8, 4) is 0 Å². The maximum absolute atomic E-state index is 13.2. The maximum atomic E-state index is 13.2. The molecule has 17 heavy (non-hydrogen) atoms. The molecule has 1 atom stereocenters. The minimum Gasteiger partial charge on any atom is -0.381 e. The Hall–Kier alpha value is -1.74. The van der Waals surface area contributed by atoms with Gasteiger partial charge in [0.25, 0.3) is 0 Å². The molecule has 2 rings (SSSR count). The van der Waals surface area contributed by atoms with Gasteiger partial charge in [-0.15, -0.1) is 0 Å². The molecule has 0 bridgehead atoms. The lowest BCUT2D eigenvalue weighted by molar-refractivity contribution is 0.101. The average molecular weight is 231 g/mol. The van der Waals surface area contributed by atoms with E-state index >= 15 is 0 Å². The van der Waals surface area contributed by atoms with Gasteiger partial charge in [-0.25, -0.2) is 4.39 Å². The first-order valence-electron chi connectivity index (χ1n) is 5.42. The highest BCUT2D eigenvalue weighted by atomic mass is 19.1. The maximum Gasteiger partial charge on any atom is 0.123 e. The molecule has 2 aromatic rings. The Bertz CT molecular complexity index is 520. The van der Waals surface area contributed by atoms with Gasteiger partial charge in [0.05, 0.1) is 0 Å². The molecule has 0 amide bonds. The zero-order valence-corrected chi connectivity index (χ0v) is 9.81. The standard InChI is InChI=1S/C14H14FNO/c1-10-6-7-12(9-16-10)14(2,17)11-4-3-5-13(15)8-11/h3-9,17H,1-2H3. The molecule has 0 aliphatic heterocycles. The van der Waals surface area contributed by atoms with Gasteiger partial charge in [-0.05, 0) is 37.6 Å². The number of aromatic nitrogens is 1. The Morgan fingerprint density at radius 1 is 1.18 bits per heavy atom. The van der Waals surface area contributed by atoms with Crippen LogP contribution in [-0.2, 0) is 5.60 Å². The Morgan fingerprint density at radius 3 is 2.53 bits per heavy atom. The topological polar surface area (TPSA) is 33.1 Å². The molecule has 0 aliphatic rings. The average Bonchev–Trinajstić information content (AvgIpc) is 2.29. The molecule has 3 heteroatoms. The predicted octanol–water partition coefficient (Wildman–Crippen LogP) is 2.78. The van der Waals surface area contributed by atoms with Gasteiger partial charge in [-0.2, -0.15) is 0 Å². The van der Waals surface area contributed by atoms with Crippen LogP contribution in [0.5, 0.6) is 0 Å². The van der Waals surface area contributed by atoms with Crippen molar-refractivity contribution >= 4 is 0 Å². The minimum absolute atomic E-state index is 0.358. The largest absolute Gasteiger partial charge is 0.381 e. The quantitative estimate of drug-likeness (QED) is 0.862. The van der Waals surface area contributed by atoms with E-state index in [1.54, 1.807) is 31.3 Å². The third-order valence-electron chi connectivity index (χ3n) is 2.86. The zero-order chi connectivity index (χ0) is 12.5. The van der Waals surface area contributed by atoms with Crippen molar-refractivity contribution in [3.05, 3.63) is 65.2 Å². The minimum atomic E-state index is -1.23. The van der Waals surface area contributed by atoms with Crippen molar-refractivity contribution in [2.24, 2.45) is 0 Å². The summed E-state index contributed by atoms with van der Waals surface area (Å²) in [7, 11) is 0. The Morgan fingerprint density at radius 2 is 1.94 bits per heavy atom. The monoisotopic (exact) mass is 231 g/mol. The van der Waals surface area contributed by atoms with Gasteiger partial charge in [-0.3, -0.25) is 4.98 Å². The van der Waals surface area contributed by atoms with Crippen molar-refractivity contribution < 1.29 is 9.50 Å². The first-order valence-corrected chi connectivity index (χ1v) is 5.42. The Kier molecular flexibility index (Phi) is 2.94. The third-order valence-corrected chi connectivity index (χ3v) is 2.86. The molecule has 0 fully saturated rings. The van der Waals surface area contributed by atoms with Crippen LogP contribution in [0, 0.1) is 12.7 Å². The van der Waals surface area contributed by atoms with Crippen molar-refractivity contribution in [3.63, 3.8) is 0 Å². The highest BCUT2D eigenvalue weighted by molar-refractivity contribution is 5.34. The number of halogens is 1. The normalized spacial score (nSPS) is 14.4. The lowest BCUT2D eigenvalue weighted by atomic mass is 9.89. The highest BCUT2D eigenvalue weighted by Gasteiger charge is 2.26. The van der Waals surface area contributed by atoms with E-state index in [1.807, 2.05) is 13.0 Å². The summed E-state index contributed by atoms with van der Waals surface area (Å²) in [6.07, 6.45) is 1.61. The van der Waals surface area contributed by atoms with E-state index in [-0.39, 0.29) is 5.82 Å². The van der Waals surface area contributed by atoms with Crippen LogP contribution >= 0.6 is 0 Å². The second-order valence-electron chi connectivity index (χ2n) is 4.27. The number of aryl methyl sites for hydroxylation is 1. The second kappa shape index (κ2) is 4.26. The van der Waals surface area contributed by atoms with E-state index in [2.05, 4.69) is 4.98 Å². The Labute approximate surface area is 99.8 Å². The van der Waals surface area contributed by atoms with Gasteiger partial charge in [0, 0.05) is 17.5 Å². The lowest BCUT2D eigenvalue weighted by Crippen LogP contribution is -2.23. The van der Waals surface area contributed by atoms with Crippen LogP contribution < -0.4 is 0 Å². The van der Waals surface area contributed by atoms with Crippen LogP contribution in [0.1, 0.15) is 23.7 Å². The third kappa shape index (κ3) is 2.34. The summed E-state index contributed by atoms with van der Waals surface area (Å²) in [4.78, 5) is 4.14. The number of nitrogens with zero attached hydrogens (tertiary/aromatic N) is 1. The summed E-state index contributed by atoms with van der Waals surface area (Å²) in [6, 6.07) is 9.59. The number of rotatable bonds is 2. The highest BCUT2D eigenvalue weighted by Crippen LogP contribution is 2.28. The molecule has 0 saturated heterocycles. The summed E-state index contributed by atoms with van der Waals surface area (Å²) < 4.78 is 13.2. The van der Waals surface area contributed by atoms with Gasteiger partial charge in [0.15, 0.2) is 0 Å². The van der Waals surface area contributed by atoms with Crippen molar-refractivity contribution in [2.75, 3.05) is 0 Å². The molecular formula is C14H14FNO. The molecule has 1 unspecified atom stereocenters. The van der Waals surface area contributed by atoms with Crippen molar-refractivity contribution in [2.45, 2.75) is 19.4 Å². The summed E-state index contributed by atoms with van der Waals surface area (Å²) in [5, 5.41) is 10.5. The molecule has 2 nitrogen and oxygen atoms in total. The van der Waals surface area contributed by atoms with E-state index in [4.69, 9.17) is 0 Å². The van der Waals surface area contributed by atoms with Crippen LogP contribution in [0.4, 0.5) is 4.39 Å². The number of aliphatic hydroxyl groups is 1. The summed E-state index contributed by atoms with van der Waals surface area (Å²) in [5.41, 5.74) is 0.809. The van der Waals surface area contributed by atoms with Crippen molar-refractivity contribution in [1.29, 1.82) is 0 Å². The summed E-state index contributed by atoms with van der Waals surface area (Å²) in [5.74, 6) is -0.358. The fourth-order valence-corrected chi connectivity index (χ4v) is 1.71. The van der Waals surface area contributed by atoms with E-state index in [1.165, 1.54) is 12.1 Å². The van der Waals surface area contributed by atoms with Gasteiger partial charge < -0.3 is 5.11 Å². The number of pyridine rings is 1. The van der Waals surface area contributed by atoms with Crippen LogP contribution in [-0.4, -0.2) is 10.1 Å². The molecule has 0 radical (unpaired) electrons. The molecule has 0 spiro atoms. The first-order chi connectivity index (χ1) is 8.00. The lowest BCUT2D eigenvalue weighted by Gasteiger charge is -2.24. The second-order valence-corrected chi connectivity index (χ2v) is 4.27. The van der Waals surface area contributed by atoms with Gasteiger partial charge in [-0.1, -0.05) is 18.2 Å². The Balaban J connectivity index is 2.45. The fourth-order valence-electron chi connectivity index (χ4n) is 1.71. The molecule has 0 aliphatic carbocycles. The molecular weight excluding hydrogens is 217 g/mol. The number of benzene rings is 1. The molecule has 1 heterocycles. The van der Waals surface area contributed by atoms with E-state index in [9.17, 15) is 9.50 Å². The van der Waals surface area contributed by atoms with E-state index < -0.39 is 5.60 Å². The molecule has 1 aromatic carbocycles.